The van der Waals surface area contributed by atoms with E-state index in [-0.39, 0.29) is 5.54 Å². The average Bonchev–Trinajstić information content (AvgIpc) is 3.04. The van der Waals surface area contributed by atoms with Gasteiger partial charge in [0.15, 0.2) is 0 Å². The van der Waals surface area contributed by atoms with E-state index in [9.17, 15) is 4.79 Å². The highest BCUT2D eigenvalue weighted by molar-refractivity contribution is 5.77. The van der Waals surface area contributed by atoms with Gasteiger partial charge in [0.2, 0.25) is 6.08 Å². The third kappa shape index (κ3) is 1.41. The van der Waals surface area contributed by atoms with Crippen LogP contribution < -0.4 is 0 Å². The van der Waals surface area contributed by atoms with Crippen LogP contribution in [0.1, 0.15) is 24.2 Å². The summed E-state index contributed by atoms with van der Waals surface area (Å²) in [4.78, 5) is 18.9. The van der Waals surface area contributed by atoms with Crippen molar-refractivity contribution in [3.63, 3.8) is 0 Å². The summed E-state index contributed by atoms with van der Waals surface area (Å²) in [7, 11) is 2.00. The molecule has 1 aliphatic rings. The molecule has 4 heteroatoms. The van der Waals surface area contributed by atoms with Crippen LogP contribution in [-0.4, -0.2) is 15.6 Å². The maximum absolute atomic E-state index is 10.4. The van der Waals surface area contributed by atoms with Crippen molar-refractivity contribution in [3.05, 3.63) is 29.6 Å². The van der Waals surface area contributed by atoms with E-state index >= 15 is 0 Å². The molecule has 0 unspecified atom stereocenters. The summed E-state index contributed by atoms with van der Waals surface area (Å²) < 4.78 is 2.06. The fourth-order valence-electron chi connectivity index (χ4n) is 2.28. The fourth-order valence-corrected chi connectivity index (χ4v) is 2.28. The number of benzene rings is 1. The number of isocyanates is 1. The summed E-state index contributed by atoms with van der Waals surface area (Å²) >= 11 is 0. The van der Waals surface area contributed by atoms with E-state index in [0.29, 0.717) is 0 Å². The van der Waals surface area contributed by atoms with Gasteiger partial charge >= 0.3 is 0 Å². The molecule has 0 N–H and O–H groups in total. The Balaban J connectivity index is 2.17. The van der Waals surface area contributed by atoms with E-state index in [1.54, 1.807) is 6.08 Å². The number of aryl methyl sites for hydroxylation is 2. The molecule has 0 amide bonds. The van der Waals surface area contributed by atoms with Crippen LogP contribution in [0.3, 0.4) is 0 Å². The molecule has 1 aromatic carbocycles. The highest BCUT2D eigenvalue weighted by atomic mass is 16.1. The fraction of sp³-hybridized carbons (Fsp3) is 0.385. The second-order valence-electron chi connectivity index (χ2n) is 4.66. The molecule has 4 nitrogen and oxygen atoms in total. The zero-order valence-electron chi connectivity index (χ0n) is 9.90. The number of hydrogen-bond acceptors (Lipinski definition) is 3. The van der Waals surface area contributed by atoms with Crippen molar-refractivity contribution in [2.75, 3.05) is 0 Å². The van der Waals surface area contributed by atoms with E-state index in [2.05, 4.69) is 14.5 Å². The summed E-state index contributed by atoms with van der Waals surface area (Å²) in [6.45, 7) is 1.98. The van der Waals surface area contributed by atoms with Crippen molar-refractivity contribution >= 4 is 17.1 Å². The van der Waals surface area contributed by atoms with Crippen LogP contribution in [-0.2, 0) is 17.4 Å². The van der Waals surface area contributed by atoms with Crippen molar-refractivity contribution in [2.24, 2.45) is 12.0 Å². The summed E-state index contributed by atoms with van der Waals surface area (Å²) in [5.74, 6) is 0.987. The van der Waals surface area contributed by atoms with Crippen molar-refractivity contribution < 1.29 is 4.79 Å². The topological polar surface area (TPSA) is 47.2 Å². The predicted molar refractivity (Wildman–Crippen MR) is 64.5 cm³/mol. The zero-order chi connectivity index (χ0) is 12.0. The molecule has 3 rings (SSSR count). The predicted octanol–water partition coefficient (Wildman–Crippen LogP) is 2.21. The highest BCUT2D eigenvalue weighted by Gasteiger charge is 2.44. The summed E-state index contributed by atoms with van der Waals surface area (Å²) in [5, 5.41) is 0. The maximum Gasteiger partial charge on any atom is 0.235 e. The number of aromatic nitrogens is 2. The van der Waals surface area contributed by atoms with Gasteiger partial charge in [-0.2, -0.15) is 4.99 Å². The molecule has 86 valence electrons. The molecule has 0 radical (unpaired) electrons. The summed E-state index contributed by atoms with van der Waals surface area (Å²) in [6.07, 6.45) is 3.54. The first-order valence-electron chi connectivity index (χ1n) is 5.69. The van der Waals surface area contributed by atoms with Crippen LogP contribution >= 0.6 is 0 Å². The Labute approximate surface area is 99.0 Å². The number of imidazole rings is 1. The van der Waals surface area contributed by atoms with Crippen LogP contribution in [0.25, 0.3) is 11.0 Å². The van der Waals surface area contributed by atoms with Crippen LogP contribution in [0.15, 0.2) is 23.2 Å². The first kappa shape index (κ1) is 10.2. The Hall–Kier alpha value is -1.93. The van der Waals surface area contributed by atoms with Gasteiger partial charge in [-0.25, -0.2) is 9.78 Å². The molecule has 2 aromatic rings. The van der Waals surface area contributed by atoms with Crippen molar-refractivity contribution in [2.45, 2.75) is 25.3 Å². The lowest BCUT2D eigenvalue weighted by molar-refractivity contribution is 0.556. The SMILES string of the molecule is Cc1nc2cc(C3(N=C=O)CC3)ccc2n1C. The molecule has 1 fully saturated rings. The lowest BCUT2D eigenvalue weighted by Gasteiger charge is -2.07. The van der Waals surface area contributed by atoms with Gasteiger partial charge in [-0.15, -0.1) is 0 Å². The van der Waals surface area contributed by atoms with Crippen LogP contribution in [0.5, 0.6) is 0 Å². The van der Waals surface area contributed by atoms with Gasteiger partial charge in [-0.3, -0.25) is 0 Å². The summed E-state index contributed by atoms with van der Waals surface area (Å²) in [6, 6.07) is 6.12. The minimum Gasteiger partial charge on any atom is -0.331 e. The molecule has 17 heavy (non-hydrogen) atoms. The number of aliphatic imine (C=N–C) groups is 1. The second-order valence-corrected chi connectivity index (χ2v) is 4.66. The molecule has 0 aliphatic heterocycles. The third-order valence-electron chi connectivity index (χ3n) is 3.63. The van der Waals surface area contributed by atoms with E-state index in [1.807, 2.05) is 32.2 Å². The lowest BCUT2D eigenvalue weighted by Crippen LogP contribution is -2.01. The lowest BCUT2D eigenvalue weighted by atomic mass is 10.1. The number of rotatable bonds is 2. The van der Waals surface area contributed by atoms with Crippen molar-refractivity contribution in [1.29, 1.82) is 0 Å². The molecule has 1 heterocycles. The smallest absolute Gasteiger partial charge is 0.235 e. The van der Waals surface area contributed by atoms with E-state index in [0.717, 1.165) is 35.3 Å². The molecular formula is C13H13N3O. The van der Waals surface area contributed by atoms with Gasteiger partial charge in [-0.1, -0.05) is 6.07 Å². The largest absolute Gasteiger partial charge is 0.331 e. The molecule has 1 aromatic heterocycles. The van der Waals surface area contributed by atoms with Gasteiger partial charge in [0.25, 0.3) is 0 Å². The van der Waals surface area contributed by atoms with E-state index in [4.69, 9.17) is 0 Å². The summed E-state index contributed by atoms with van der Waals surface area (Å²) in [5.41, 5.74) is 2.85. The first-order valence-corrected chi connectivity index (χ1v) is 5.69. The molecule has 1 saturated carbocycles. The standard InChI is InChI=1S/C13H13N3O/c1-9-15-11-7-10(3-4-12(11)16(9)2)13(5-6-13)14-8-17/h3-4,7H,5-6H2,1-2H3. The van der Waals surface area contributed by atoms with Crippen molar-refractivity contribution in [1.82, 2.24) is 9.55 Å². The first-order chi connectivity index (χ1) is 8.16. The van der Waals surface area contributed by atoms with Crippen LogP contribution in [0, 0.1) is 6.92 Å². The Kier molecular flexibility index (Phi) is 1.98. The maximum atomic E-state index is 10.4. The molecule has 0 atom stereocenters. The molecular weight excluding hydrogens is 214 g/mol. The third-order valence-corrected chi connectivity index (χ3v) is 3.63. The normalized spacial score (nSPS) is 16.8. The number of nitrogens with zero attached hydrogens (tertiary/aromatic N) is 3. The molecule has 0 bridgehead atoms. The Morgan fingerprint density at radius 2 is 2.24 bits per heavy atom. The highest BCUT2D eigenvalue weighted by Crippen LogP contribution is 2.49. The van der Waals surface area contributed by atoms with E-state index in [1.165, 1.54) is 0 Å². The number of hydrogen-bond donors (Lipinski definition) is 0. The van der Waals surface area contributed by atoms with E-state index < -0.39 is 0 Å². The number of fused-ring (bicyclic) bond motifs is 1. The van der Waals surface area contributed by atoms with Gasteiger partial charge in [-0.05, 0) is 37.5 Å². The van der Waals surface area contributed by atoms with Crippen LogP contribution in [0.2, 0.25) is 0 Å². The van der Waals surface area contributed by atoms with Gasteiger partial charge in [0.1, 0.15) is 5.82 Å². The van der Waals surface area contributed by atoms with Gasteiger partial charge in [0, 0.05) is 7.05 Å². The monoisotopic (exact) mass is 227 g/mol. The van der Waals surface area contributed by atoms with Gasteiger partial charge in [0.05, 0.1) is 16.6 Å². The van der Waals surface area contributed by atoms with Crippen LogP contribution in [0.4, 0.5) is 0 Å². The quantitative estimate of drug-likeness (QED) is 0.583. The molecule has 0 saturated heterocycles. The Morgan fingerprint density at radius 1 is 1.47 bits per heavy atom. The minimum atomic E-state index is -0.304. The van der Waals surface area contributed by atoms with Gasteiger partial charge < -0.3 is 4.57 Å². The number of carbonyl (C=O) groups excluding carboxylic acids is 1. The average molecular weight is 227 g/mol. The molecule has 0 spiro atoms. The molecule has 1 aliphatic carbocycles. The van der Waals surface area contributed by atoms with Crippen molar-refractivity contribution in [3.8, 4) is 0 Å². The minimum absolute atomic E-state index is 0.304. The Bertz CT molecular complexity index is 646. The zero-order valence-corrected chi connectivity index (χ0v) is 9.90. The second kappa shape index (κ2) is 3.28. The Morgan fingerprint density at radius 3 is 2.88 bits per heavy atom.